The average molecular weight is 216 g/mol. The van der Waals surface area contributed by atoms with Crippen molar-refractivity contribution < 1.29 is 4.52 Å². The van der Waals surface area contributed by atoms with Crippen LogP contribution in [-0.2, 0) is 5.41 Å². The molecule has 82 valence electrons. The Bertz CT molecular complexity index is 513. The first-order chi connectivity index (χ1) is 7.71. The van der Waals surface area contributed by atoms with E-state index in [1.54, 1.807) is 0 Å². The van der Waals surface area contributed by atoms with Crippen molar-refractivity contribution in [2.45, 2.75) is 18.3 Å². The van der Waals surface area contributed by atoms with Gasteiger partial charge in [-0.05, 0) is 35.7 Å². The summed E-state index contributed by atoms with van der Waals surface area (Å²) in [6, 6.07) is 7.77. The van der Waals surface area contributed by atoms with Gasteiger partial charge in [0.2, 0.25) is 5.89 Å². The molecule has 5 heteroatoms. The van der Waals surface area contributed by atoms with E-state index in [0.29, 0.717) is 5.89 Å². The zero-order chi connectivity index (χ0) is 11.2. The van der Waals surface area contributed by atoms with E-state index >= 15 is 0 Å². The van der Waals surface area contributed by atoms with Crippen molar-refractivity contribution in [2.24, 2.45) is 0 Å². The van der Waals surface area contributed by atoms with E-state index < -0.39 is 0 Å². The monoisotopic (exact) mass is 216 g/mol. The Hall–Kier alpha value is -2.04. The van der Waals surface area contributed by atoms with Crippen LogP contribution >= 0.6 is 0 Å². The number of rotatable bonds is 2. The van der Waals surface area contributed by atoms with Crippen LogP contribution < -0.4 is 11.5 Å². The number of benzene rings is 1. The zero-order valence-corrected chi connectivity index (χ0v) is 8.68. The van der Waals surface area contributed by atoms with Crippen LogP contribution in [0, 0.1) is 0 Å². The van der Waals surface area contributed by atoms with Gasteiger partial charge in [0.15, 0.2) is 0 Å². The van der Waals surface area contributed by atoms with Crippen LogP contribution in [0.25, 0.3) is 0 Å². The molecular weight excluding hydrogens is 204 g/mol. The second kappa shape index (κ2) is 2.98. The van der Waals surface area contributed by atoms with Gasteiger partial charge in [0.05, 0.1) is 5.41 Å². The van der Waals surface area contributed by atoms with Crippen molar-refractivity contribution in [2.75, 3.05) is 11.5 Å². The van der Waals surface area contributed by atoms with Gasteiger partial charge in [-0.3, -0.25) is 0 Å². The van der Waals surface area contributed by atoms with Crippen LogP contribution in [0.5, 0.6) is 0 Å². The van der Waals surface area contributed by atoms with Gasteiger partial charge in [0.25, 0.3) is 5.95 Å². The third kappa shape index (κ3) is 1.25. The number of nitrogens with two attached hydrogens (primary N) is 2. The molecule has 1 heterocycles. The molecule has 2 aromatic rings. The molecule has 0 spiro atoms. The molecule has 1 fully saturated rings. The van der Waals surface area contributed by atoms with E-state index in [0.717, 1.165) is 24.1 Å². The van der Waals surface area contributed by atoms with Gasteiger partial charge in [0, 0.05) is 5.69 Å². The van der Waals surface area contributed by atoms with Gasteiger partial charge in [-0.1, -0.05) is 12.1 Å². The average Bonchev–Trinajstić information content (AvgIpc) is 2.97. The highest BCUT2D eigenvalue weighted by molar-refractivity contribution is 5.46. The second-order valence-electron chi connectivity index (χ2n) is 4.16. The van der Waals surface area contributed by atoms with Crippen LogP contribution in [0.15, 0.2) is 28.8 Å². The minimum atomic E-state index is -0.127. The fourth-order valence-electron chi connectivity index (χ4n) is 1.98. The highest BCUT2D eigenvalue weighted by Gasteiger charge is 2.50. The predicted molar refractivity (Wildman–Crippen MR) is 59.6 cm³/mol. The predicted octanol–water partition coefficient (Wildman–Crippen LogP) is 1.31. The quantitative estimate of drug-likeness (QED) is 0.738. The summed E-state index contributed by atoms with van der Waals surface area (Å²) in [6.45, 7) is 0. The molecule has 4 N–H and O–H groups in total. The lowest BCUT2D eigenvalue weighted by Crippen LogP contribution is -2.09. The third-order valence-corrected chi connectivity index (χ3v) is 3.06. The van der Waals surface area contributed by atoms with Gasteiger partial charge >= 0.3 is 0 Å². The minimum absolute atomic E-state index is 0.127. The summed E-state index contributed by atoms with van der Waals surface area (Å²) in [4.78, 5) is 4.11. The van der Waals surface area contributed by atoms with Crippen LogP contribution in [0.3, 0.4) is 0 Å². The van der Waals surface area contributed by atoms with Gasteiger partial charge in [-0.2, -0.15) is 4.98 Å². The molecule has 0 amide bonds. The Balaban J connectivity index is 2.03. The smallest absolute Gasteiger partial charge is 0.260 e. The number of anilines is 2. The molecule has 1 aliphatic carbocycles. The van der Waals surface area contributed by atoms with Crippen molar-refractivity contribution in [1.82, 2.24) is 10.1 Å². The van der Waals surface area contributed by atoms with E-state index in [-0.39, 0.29) is 11.4 Å². The standard InChI is InChI=1S/C11H12N4O/c12-8-3-1-7(2-4-8)11(5-6-11)9-14-10(13)15-16-9/h1-4H,5-6,12H2,(H2,13,15). The summed E-state index contributed by atoms with van der Waals surface area (Å²) in [7, 11) is 0. The van der Waals surface area contributed by atoms with Crippen molar-refractivity contribution in [1.29, 1.82) is 0 Å². The van der Waals surface area contributed by atoms with Crippen molar-refractivity contribution in [3.05, 3.63) is 35.7 Å². The molecule has 0 radical (unpaired) electrons. The van der Waals surface area contributed by atoms with E-state index in [1.165, 1.54) is 0 Å². The molecule has 1 saturated carbocycles. The normalized spacial score (nSPS) is 17.2. The summed E-state index contributed by atoms with van der Waals surface area (Å²) in [5.41, 5.74) is 12.9. The topological polar surface area (TPSA) is 91.0 Å². The van der Waals surface area contributed by atoms with E-state index in [1.807, 2.05) is 24.3 Å². The van der Waals surface area contributed by atoms with Gasteiger partial charge in [-0.25, -0.2) is 0 Å². The number of nitrogens with zero attached hydrogens (tertiary/aromatic N) is 2. The van der Waals surface area contributed by atoms with Gasteiger partial charge in [-0.15, -0.1) is 0 Å². The molecule has 1 aromatic carbocycles. The van der Waals surface area contributed by atoms with Crippen LogP contribution in [0.2, 0.25) is 0 Å². The molecule has 0 bridgehead atoms. The molecule has 16 heavy (non-hydrogen) atoms. The summed E-state index contributed by atoms with van der Waals surface area (Å²) in [5.74, 6) is 0.798. The first-order valence-electron chi connectivity index (χ1n) is 5.16. The zero-order valence-electron chi connectivity index (χ0n) is 8.68. The molecule has 1 aromatic heterocycles. The molecule has 0 aliphatic heterocycles. The Morgan fingerprint density at radius 3 is 2.31 bits per heavy atom. The fraction of sp³-hybridized carbons (Fsp3) is 0.273. The van der Waals surface area contributed by atoms with Crippen molar-refractivity contribution in [3.63, 3.8) is 0 Å². The Kier molecular flexibility index (Phi) is 1.71. The second-order valence-corrected chi connectivity index (χ2v) is 4.16. The maximum Gasteiger partial charge on any atom is 0.260 e. The minimum Gasteiger partial charge on any atom is -0.399 e. The summed E-state index contributed by atoms with van der Waals surface area (Å²) in [5, 5.41) is 3.63. The first kappa shape index (κ1) is 9.21. The van der Waals surface area contributed by atoms with Crippen LogP contribution in [0.4, 0.5) is 11.6 Å². The lowest BCUT2D eigenvalue weighted by molar-refractivity contribution is 0.360. The van der Waals surface area contributed by atoms with Crippen molar-refractivity contribution >= 4 is 11.6 Å². The summed E-state index contributed by atoms with van der Waals surface area (Å²) < 4.78 is 5.16. The largest absolute Gasteiger partial charge is 0.399 e. The number of hydrogen-bond acceptors (Lipinski definition) is 5. The van der Waals surface area contributed by atoms with Crippen molar-refractivity contribution in [3.8, 4) is 0 Å². The Morgan fingerprint density at radius 2 is 1.81 bits per heavy atom. The SMILES string of the molecule is Nc1ccc(C2(c3nc(N)no3)CC2)cc1. The maximum absolute atomic E-state index is 5.66. The third-order valence-electron chi connectivity index (χ3n) is 3.06. The van der Waals surface area contributed by atoms with Gasteiger partial charge in [0.1, 0.15) is 0 Å². The molecule has 3 rings (SSSR count). The lowest BCUT2D eigenvalue weighted by atomic mass is 9.96. The molecular formula is C11H12N4O. The summed E-state index contributed by atoms with van der Waals surface area (Å²) in [6.07, 6.45) is 2.02. The first-order valence-corrected chi connectivity index (χ1v) is 5.16. The van der Waals surface area contributed by atoms with Crippen LogP contribution in [-0.4, -0.2) is 10.1 Å². The summed E-state index contributed by atoms with van der Waals surface area (Å²) >= 11 is 0. The molecule has 0 unspecified atom stereocenters. The fourth-order valence-corrected chi connectivity index (χ4v) is 1.98. The molecule has 0 saturated heterocycles. The number of aromatic nitrogens is 2. The van der Waals surface area contributed by atoms with E-state index in [9.17, 15) is 0 Å². The van der Waals surface area contributed by atoms with E-state index in [2.05, 4.69) is 10.1 Å². The van der Waals surface area contributed by atoms with E-state index in [4.69, 9.17) is 16.0 Å². The van der Waals surface area contributed by atoms with Gasteiger partial charge < -0.3 is 16.0 Å². The molecule has 1 aliphatic rings. The number of hydrogen-bond donors (Lipinski definition) is 2. The Labute approximate surface area is 92.4 Å². The maximum atomic E-state index is 5.66. The lowest BCUT2D eigenvalue weighted by Gasteiger charge is -2.10. The highest BCUT2D eigenvalue weighted by atomic mass is 16.5. The molecule has 0 atom stereocenters. The Morgan fingerprint density at radius 1 is 1.12 bits per heavy atom. The van der Waals surface area contributed by atoms with Crippen LogP contribution in [0.1, 0.15) is 24.3 Å². The highest BCUT2D eigenvalue weighted by Crippen LogP contribution is 2.52. The molecule has 5 nitrogen and oxygen atoms in total. The number of nitrogen functional groups attached to an aromatic ring is 2.